The van der Waals surface area contributed by atoms with E-state index < -0.39 is 0 Å². The highest BCUT2D eigenvalue weighted by molar-refractivity contribution is 9.10. The van der Waals surface area contributed by atoms with Crippen LogP contribution < -0.4 is 4.74 Å². The third kappa shape index (κ3) is 2.23. The number of rotatable bonds is 2. The van der Waals surface area contributed by atoms with Crippen LogP contribution >= 0.6 is 27.3 Å². The van der Waals surface area contributed by atoms with Gasteiger partial charge in [0.1, 0.15) is 16.9 Å². The molecule has 2 heterocycles. The number of nitrogens with zero attached hydrogens (tertiary/aromatic N) is 2. The van der Waals surface area contributed by atoms with Gasteiger partial charge in [-0.15, -0.1) is 11.3 Å². The molecule has 0 N–H and O–H groups in total. The molecule has 0 saturated carbocycles. The number of halogens is 1. The molecule has 3 aromatic rings. The van der Waals surface area contributed by atoms with E-state index in [0.717, 1.165) is 20.4 Å². The van der Waals surface area contributed by atoms with E-state index in [1.54, 1.807) is 11.3 Å². The number of hydrogen-bond acceptors (Lipinski definition) is 4. The van der Waals surface area contributed by atoms with Gasteiger partial charge in [0.05, 0.1) is 5.39 Å². The summed E-state index contributed by atoms with van der Waals surface area (Å²) in [5.74, 6) is 1.37. The molecule has 0 aliphatic rings. The Hall–Kier alpha value is -1.46. The molecule has 90 valence electrons. The van der Waals surface area contributed by atoms with Gasteiger partial charge in [-0.25, -0.2) is 9.97 Å². The molecule has 0 amide bonds. The lowest BCUT2D eigenvalue weighted by atomic mass is 10.3. The van der Waals surface area contributed by atoms with Crippen LogP contribution in [-0.2, 0) is 0 Å². The van der Waals surface area contributed by atoms with Crippen LogP contribution in [0.4, 0.5) is 0 Å². The maximum absolute atomic E-state index is 5.79. The highest BCUT2D eigenvalue weighted by Gasteiger charge is 2.08. The van der Waals surface area contributed by atoms with Crippen molar-refractivity contribution in [2.75, 3.05) is 0 Å². The van der Waals surface area contributed by atoms with Crippen molar-refractivity contribution in [2.24, 2.45) is 0 Å². The first-order chi connectivity index (χ1) is 8.72. The predicted octanol–water partition coefficient (Wildman–Crippen LogP) is 4.55. The van der Waals surface area contributed by atoms with E-state index in [-0.39, 0.29) is 0 Å². The zero-order valence-corrected chi connectivity index (χ0v) is 12.0. The van der Waals surface area contributed by atoms with E-state index in [9.17, 15) is 0 Å². The Morgan fingerprint density at radius 3 is 2.72 bits per heavy atom. The zero-order chi connectivity index (χ0) is 12.5. The molecule has 1 aromatic carbocycles. The van der Waals surface area contributed by atoms with Gasteiger partial charge >= 0.3 is 0 Å². The van der Waals surface area contributed by atoms with Gasteiger partial charge < -0.3 is 4.74 Å². The largest absolute Gasteiger partial charge is 0.438 e. The highest BCUT2D eigenvalue weighted by atomic mass is 79.9. The van der Waals surface area contributed by atoms with Gasteiger partial charge in [0.15, 0.2) is 0 Å². The van der Waals surface area contributed by atoms with Gasteiger partial charge in [0.2, 0.25) is 5.88 Å². The molecule has 0 saturated heterocycles. The smallest absolute Gasteiger partial charge is 0.231 e. The Morgan fingerprint density at radius 2 is 1.94 bits per heavy atom. The van der Waals surface area contributed by atoms with Gasteiger partial charge in [0, 0.05) is 9.35 Å². The van der Waals surface area contributed by atoms with E-state index >= 15 is 0 Å². The summed E-state index contributed by atoms with van der Waals surface area (Å²) in [7, 11) is 0. The Labute approximate surface area is 117 Å². The molecule has 0 bridgehead atoms. The van der Waals surface area contributed by atoms with Crippen LogP contribution in [0.3, 0.4) is 0 Å². The molecule has 0 fully saturated rings. The lowest BCUT2D eigenvalue weighted by Crippen LogP contribution is -1.89. The summed E-state index contributed by atoms with van der Waals surface area (Å²) >= 11 is 5.04. The van der Waals surface area contributed by atoms with Crippen LogP contribution in [0, 0.1) is 6.92 Å². The average molecular weight is 321 g/mol. The molecular weight excluding hydrogens is 312 g/mol. The maximum atomic E-state index is 5.79. The molecule has 5 heteroatoms. The van der Waals surface area contributed by atoms with Gasteiger partial charge in [-0.1, -0.05) is 15.9 Å². The number of thiophene rings is 1. The number of hydrogen-bond donors (Lipinski definition) is 0. The Balaban J connectivity index is 2.01. The van der Waals surface area contributed by atoms with Gasteiger partial charge in [-0.3, -0.25) is 0 Å². The molecule has 0 spiro atoms. The molecule has 3 rings (SSSR count). The van der Waals surface area contributed by atoms with Gasteiger partial charge in [-0.2, -0.15) is 0 Å². The van der Waals surface area contributed by atoms with Crippen LogP contribution in [0.15, 0.2) is 41.1 Å². The van der Waals surface area contributed by atoms with Crippen molar-refractivity contribution in [3.63, 3.8) is 0 Å². The van der Waals surface area contributed by atoms with Gasteiger partial charge in [-0.05, 0) is 37.3 Å². The SMILES string of the molecule is Cc1cc2c(Oc3ccc(Br)cc3)ncnc2s1. The fourth-order valence-electron chi connectivity index (χ4n) is 1.65. The predicted molar refractivity (Wildman–Crippen MR) is 76.4 cm³/mol. The van der Waals surface area contributed by atoms with Crippen molar-refractivity contribution in [3.05, 3.63) is 46.0 Å². The third-order valence-electron chi connectivity index (χ3n) is 2.44. The minimum atomic E-state index is 0.603. The second-order valence-corrected chi connectivity index (χ2v) is 5.96. The summed E-state index contributed by atoms with van der Waals surface area (Å²) in [6.07, 6.45) is 1.53. The molecule has 0 unspecified atom stereocenters. The lowest BCUT2D eigenvalue weighted by molar-refractivity contribution is 0.468. The minimum absolute atomic E-state index is 0.603. The second kappa shape index (κ2) is 4.66. The van der Waals surface area contributed by atoms with E-state index in [0.29, 0.717) is 5.88 Å². The normalized spacial score (nSPS) is 10.8. The summed E-state index contributed by atoms with van der Waals surface area (Å²) < 4.78 is 6.82. The molecule has 2 aromatic heterocycles. The summed E-state index contributed by atoms with van der Waals surface area (Å²) in [5, 5.41) is 0.961. The van der Waals surface area contributed by atoms with Crippen LogP contribution in [0.2, 0.25) is 0 Å². The average Bonchev–Trinajstić information content (AvgIpc) is 2.73. The van der Waals surface area contributed by atoms with Crippen molar-refractivity contribution < 1.29 is 4.74 Å². The Kier molecular flexibility index (Phi) is 3.01. The molecule has 0 aliphatic carbocycles. The van der Waals surface area contributed by atoms with Crippen molar-refractivity contribution in [1.29, 1.82) is 0 Å². The zero-order valence-electron chi connectivity index (χ0n) is 9.55. The van der Waals surface area contributed by atoms with E-state index in [2.05, 4.69) is 32.8 Å². The molecule has 0 aliphatic heterocycles. The minimum Gasteiger partial charge on any atom is -0.438 e. The van der Waals surface area contributed by atoms with E-state index in [4.69, 9.17) is 4.74 Å². The van der Waals surface area contributed by atoms with Crippen molar-refractivity contribution in [1.82, 2.24) is 9.97 Å². The monoisotopic (exact) mass is 320 g/mol. The molecule has 3 nitrogen and oxygen atoms in total. The summed E-state index contributed by atoms with van der Waals surface area (Å²) in [6.45, 7) is 2.05. The number of aromatic nitrogens is 2. The number of benzene rings is 1. The summed E-state index contributed by atoms with van der Waals surface area (Å²) in [6, 6.07) is 9.72. The van der Waals surface area contributed by atoms with Crippen LogP contribution in [-0.4, -0.2) is 9.97 Å². The third-order valence-corrected chi connectivity index (χ3v) is 3.93. The van der Waals surface area contributed by atoms with E-state index in [1.165, 1.54) is 11.2 Å². The number of fused-ring (bicyclic) bond motifs is 1. The first kappa shape index (κ1) is 11.6. The molecule has 0 atom stereocenters. The standard InChI is InChI=1S/C13H9BrN2OS/c1-8-6-11-12(15-7-16-13(11)18-8)17-10-4-2-9(14)3-5-10/h2-7H,1H3. The van der Waals surface area contributed by atoms with Crippen molar-refractivity contribution >= 4 is 37.5 Å². The number of aryl methyl sites for hydroxylation is 1. The quantitative estimate of drug-likeness (QED) is 0.694. The van der Waals surface area contributed by atoms with Crippen LogP contribution in [0.1, 0.15) is 4.88 Å². The number of ether oxygens (including phenoxy) is 1. The molecule has 18 heavy (non-hydrogen) atoms. The first-order valence-corrected chi connectivity index (χ1v) is 6.98. The topological polar surface area (TPSA) is 35.0 Å². The fourth-order valence-corrected chi connectivity index (χ4v) is 2.75. The van der Waals surface area contributed by atoms with Crippen LogP contribution in [0.25, 0.3) is 10.2 Å². The Bertz CT molecular complexity index is 694. The Morgan fingerprint density at radius 1 is 1.17 bits per heavy atom. The maximum Gasteiger partial charge on any atom is 0.231 e. The lowest BCUT2D eigenvalue weighted by Gasteiger charge is -2.05. The molecular formula is C13H9BrN2OS. The summed E-state index contributed by atoms with van der Waals surface area (Å²) in [4.78, 5) is 10.6. The second-order valence-electron chi connectivity index (χ2n) is 3.81. The fraction of sp³-hybridized carbons (Fsp3) is 0.0769. The van der Waals surface area contributed by atoms with Gasteiger partial charge in [0.25, 0.3) is 0 Å². The van der Waals surface area contributed by atoms with Crippen LogP contribution in [0.5, 0.6) is 11.6 Å². The van der Waals surface area contributed by atoms with E-state index in [1.807, 2.05) is 30.3 Å². The summed E-state index contributed by atoms with van der Waals surface area (Å²) in [5.41, 5.74) is 0. The van der Waals surface area contributed by atoms with Crippen molar-refractivity contribution in [3.8, 4) is 11.6 Å². The van der Waals surface area contributed by atoms with Crippen molar-refractivity contribution in [2.45, 2.75) is 6.92 Å². The first-order valence-electron chi connectivity index (χ1n) is 5.37. The highest BCUT2D eigenvalue weighted by Crippen LogP contribution is 2.31. The molecule has 0 radical (unpaired) electrons.